The van der Waals surface area contributed by atoms with E-state index in [0.29, 0.717) is 16.8 Å². The summed E-state index contributed by atoms with van der Waals surface area (Å²) in [6, 6.07) is 13.6. The maximum Gasteiger partial charge on any atom is 0.293 e. The Kier molecular flexibility index (Phi) is 6.69. The van der Waals surface area contributed by atoms with Crippen LogP contribution in [0.1, 0.15) is 21.1 Å². The van der Waals surface area contributed by atoms with E-state index in [1.54, 1.807) is 30.6 Å². The van der Waals surface area contributed by atoms with Crippen molar-refractivity contribution in [2.45, 2.75) is 0 Å². The van der Waals surface area contributed by atoms with Gasteiger partial charge in [0.05, 0.1) is 23.6 Å². The number of nitrogens with zero attached hydrogens (tertiary/aromatic N) is 5. The molecule has 12 nitrogen and oxygen atoms in total. The summed E-state index contributed by atoms with van der Waals surface area (Å²) in [6.45, 7) is 0. The second-order valence-electron chi connectivity index (χ2n) is 7.21. The van der Waals surface area contributed by atoms with Crippen molar-refractivity contribution in [3.8, 4) is 0 Å². The first kappa shape index (κ1) is 23.4. The van der Waals surface area contributed by atoms with Gasteiger partial charge >= 0.3 is 0 Å². The van der Waals surface area contributed by atoms with Gasteiger partial charge in [0.25, 0.3) is 11.8 Å². The van der Waals surface area contributed by atoms with Gasteiger partial charge in [0, 0.05) is 14.1 Å². The highest BCUT2D eigenvalue weighted by Gasteiger charge is 2.22. The molecule has 0 aliphatic carbocycles. The van der Waals surface area contributed by atoms with Crippen LogP contribution in [0.3, 0.4) is 0 Å². The van der Waals surface area contributed by atoms with Crippen LogP contribution in [0.4, 0.5) is 5.95 Å². The predicted molar refractivity (Wildman–Crippen MR) is 129 cm³/mol. The number of para-hydroxylation sites is 2. The molecule has 5 aromatic rings. The van der Waals surface area contributed by atoms with E-state index in [2.05, 4.69) is 20.7 Å². The number of rotatable bonds is 4. The number of imidazole rings is 1. The Labute approximate surface area is 203 Å². The molecule has 3 amide bonds. The second kappa shape index (κ2) is 10.0. The first-order valence-corrected chi connectivity index (χ1v) is 10.5. The lowest BCUT2D eigenvalue weighted by Crippen LogP contribution is -2.34. The second-order valence-corrected chi connectivity index (χ2v) is 7.60. The van der Waals surface area contributed by atoms with Crippen molar-refractivity contribution in [2.75, 3.05) is 19.4 Å². The Morgan fingerprint density at radius 3 is 2.23 bits per heavy atom. The smallest absolute Gasteiger partial charge is 0.293 e. The molecule has 0 saturated heterocycles. The molecule has 0 fully saturated rings. The van der Waals surface area contributed by atoms with Crippen LogP contribution in [0.25, 0.3) is 16.8 Å². The summed E-state index contributed by atoms with van der Waals surface area (Å²) in [4.78, 5) is 40.2. The van der Waals surface area contributed by atoms with Crippen molar-refractivity contribution >= 4 is 58.3 Å². The quantitative estimate of drug-likeness (QED) is 0.287. The van der Waals surface area contributed by atoms with E-state index in [-0.39, 0.29) is 22.6 Å². The average molecular weight is 494 g/mol. The third kappa shape index (κ3) is 4.94. The molecule has 4 heterocycles. The maximum atomic E-state index is 12.5. The van der Waals surface area contributed by atoms with Crippen molar-refractivity contribution in [1.29, 1.82) is 0 Å². The van der Waals surface area contributed by atoms with E-state index in [4.69, 9.17) is 21.1 Å². The number of aromatic nitrogens is 4. The Hall–Kier alpha value is -4.78. The van der Waals surface area contributed by atoms with Crippen molar-refractivity contribution < 1.29 is 23.2 Å². The zero-order chi connectivity index (χ0) is 24.9. The Bertz CT molecular complexity index is 1500. The minimum atomic E-state index is -0.532. The molecule has 4 aromatic heterocycles. The standard InChI is InChI=1S/C19H12N6O4S.C3H7NO/c26-15(13-7-3-9-28-13)21-17-23-25(19(30)22-16(27)14-8-4-10-29-14)18-20-11-5-1-2-6-12(11)24(17)18;1-4(2)3-5/h1-10H,(H,21,23,26)(H,22,27,30);3H,1-2H3. The Morgan fingerprint density at radius 1 is 1.00 bits per heavy atom. The maximum absolute atomic E-state index is 12.5. The molecule has 2 N–H and O–H groups in total. The van der Waals surface area contributed by atoms with Crippen LogP contribution in [-0.2, 0) is 4.79 Å². The number of anilines is 1. The summed E-state index contributed by atoms with van der Waals surface area (Å²) in [5, 5.41) is 9.54. The lowest BCUT2D eigenvalue weighted by molar-refractivity contribution is -0.115. The number of hydrogen-bond donors (Lipinski definition) is 2. The number of thiocarbonyl (C=S) groups is 1. The molecule has 0 bridgehead atoms. The van der Waals surface area contributed by atoms with E-state index < -0.39 is 11.8 Å². The van der Waals surface area contributed by atoms with Crippen molar-refractivity contribution in [1.82, 2.24) is 29.4 Å². The first-order chi connectivity index (χ1) is 16.9. The monoisotopic (exact) mass is 493 g/mol. The summed E-state index contributed by atoms with van der Waals surface area (Å²) in [6.07, 6.45) is 3.53. The highest BCUT2D eigenvalue weighted by molar-refractivity contribution is 7.80. The molecular weight excluding hydrogens is 474 g/mol. The largest absolute Gasteiger partial charge is 0.459 e. The normalized spacial score (nSPS) is 10.5. The van der Waals surface area contributed by atoms with Gasteiger partial charge < -0.3 is 13.7 Å². The fourth-order valence-electron chi connectivity index (χ4n) is 2.96. The summed E-state index contributed by atoms with van der Waals surface area (Å²) in [7, 11) is 3.38. The van der Waals surface area contributed by atoms with E-state index in [1.165, 1.54) is 34.2 Å². The van der Waals surface area contributed by atoms with Gasteiger partial charge in [0.15, 0.2) is 11.5 Å². The molecule has 0 atom stereocenters. The Morgan fingerprint density at radius 2 is 1.63 bits per heavy atom. The summed E-state index contributed by atoms with van der Waals surface area (Å²) < 4.78 is 13.1. The van der Waals surface area contributed by atoms with E-state index in [9.17, 15) is 14.4 Å². The lowest BCUT2D eigenvalue weighted by atomic mass is 10.3. The number of furan rings is 2. The number of amides is 3. The Balaban J connectivity index is 0.000000527. The van der Waals surface area contributed by atoms with Crippen molar-refractivity contribution in [3.05, 3.63) is 72.6 Å². The fraction of sp³-hybridized carbons (Fsp3) is 0.0909. The molecular formula is C22H19N7O5S. The third-order valence-corrected chi connectivity index (χ3v) is 4.75. The SMILES string of the molecule is CN(C)C=O.O=C(NC(=S)n1nc(NC(=O)c2ccco2)n2c3ccccc3nc12)c1ccco1. The third-order valence-electron chi connectivity index (χ3n) is 4.48. The van der Waals surface area contributed by atoms with Gasteiger partial charge in [-0.25, -0.2) is 9.38 Å². The van der Waals surface area contributed by atoms with Crippen molar-refractivity contribution in [3.63, 3.8) is 0 Å². The number of fused-ring (bicyclic) bond motifs is 3. The molecule has 0 aliphatic rings. The number of carbonyl (C=O) groups is 3. The molecule has 178 valence electrons. The van der Waals surface area contributed by atoms with Gasteiger partial charge in [-0.1, -0.05) is 12.1 Å². The van der Waals surface area contributed by atoms with Gasteiger partial charge in [0.1, 0.15) is 0 Å². The van der Waals surface area contributed by atoms with Gasteiger partial charge in [-0.2, -0.15) is 4.68 Å². The van der Waals surface area contributed by atoms with Gasteiger partial charge in [-0.3, -0.25) is 25.0 Å². The molecule has 0 aliphatic heterocycles. The average Bonchev–Trinajstić information content (AvgIpc) is 3.65. The van der Waals surface area contributed by atoms with E-state index in [0.717, 1.165) is 6.41 Å². The molecule has 0 saturated carbocycles. The topological polar surface area (TPSA) is 140 Å². The highest BCUT2D eigenvalue weighted by atomic mass is 32.1. The highest BCUT2D eigenvalue weighted by Crippen LogP contribution is 2.21. The molecule has 0 unspecified atom stereocenters. The zero-order valence-electron chi connectivity index (χ0n) is 18.5. The first-order valence-electron chi connectivity index (χ1n) is 10.1. The summed E-state index contributed by atoms with van der Waals surface area (Å²) in [5.41, 5.74) is 1.37. The molecule has 13 heteroatoms. The number of benzene rings is 1. The summed E-state index contributed by atoms with van der Waals surface area (Å²) in [5.74, 6) is -0.326. The molecule has 35 heavy (non-hydrogen) atoms. The van der Waals surface area contributed by atoms with Gasteiger partial charge in [0.2, 0.25) is 23.2 Å². The molecule has 0 spiro atoms. The van der Waals surface area contributed by atoms with E-state index in [1.807, 2.05) is 24.3 Å². The minimum absolute atomic E-state index is 0.0322. The van der Waals surface area contributed by atoms with Crippen LogP contribution in [0.15, 0.2) is 69.9 Å². The predicted octanol–water partition coefficient (Wildman–Crippen LogP) is 2.39. The number of hydrogen-bond acceptors (Lipinski definition) is 8. The van der Waals surface area contributed by atoms with Crippen LogP contribution in [-0.4, -0.2) is 61.5 Å². The summed E-state index contributed by atoms with van der Waals surface area (Å²) >= 11 is 5.35. The lowest BCUT2D eigenvalue weighted by Gasteiger charge is -2.04. The van der Waals surface area contributed by atoms with Crippen LogP contribution < -0.4 is 10.6 Å². The number of carbonyl (C=O) groups excluding carboxylic acids is 3. The number of nitrogens with one attached hydrogen (secondary N) is 2. The van der Waals surface area contributed by atoms with Gasteiger partial charge in [-0.05, 0) is 48.6 Å². The van der Waals surface area contributed by atoms with Crippen LogP contribution >= 0.6 is 12.2 Å². The minimum Gasteiger partial charge on any atom is -0.459 e. The van der Waals surface area contributed by atoms with Crippen LogP contribution in [0.5, 0.6) is 0 Å². The fourth-order valence-corrected chi connectivity index (χ4v) is 3.17. The zero-order valence-corrected chi connectivity index (χ0v) is 19.4. The molecule has 1 aromatic carbocycles. The van der Waals surface area contributed by atoms with Gasteiger partial charge in [-0.15, -0.1) is 5.10 Å². The van der Waals surface area contributed by atoms with E-state index >= 15 is 0 Å². The van der Waals surface area contributed by atoms with Crippen LogP contribution in [0.2, 0.25) is 0 Å². The van der Waals surface area contributed by atoms with Crippen LogP contribution in [0, 0.1) is 0 Å². The molecule has 5 rings (SSSR count). The van der Waals surface area contributed by atoms with Crippen molar-refractivity contribution in [2.24, 2.45) is 0 Å². The molecule has 0 radical (unpaired) electrons.